The van der Waals surface area contributed by atoms with Crippen molar-refractivity contribution in [2.75, 3.05) is 0 Å². The standard InChI is InChI=1S/C9H13N5O/c1-2-8(10)9-6-14(13-12-9)5-7-3-4-11-15-7/h3-4,6,8H,2,5,10H2,1H3. The highest BCUT2D eigenvalue weighted by atomic mass is 16.5. The van der Waals surface area contributed by atoms with E-state index in [9.17, 15) is 0 Å². The first-order valence-electron chi connectivity index (χ1n) is 4.84. The average molecular weight is 207 g/mol. The lowest BCUT2D eigenvalue weighted by atomic mass is 10.2. The second-order valence-electron chi connectivity index (χ2n) is 3.33. The molecule has 6 heteroatoms. The zero-order valence-electron chi connectivity index (χ0n) is 8.50. The molecule has 1 unspecified atom stereocenters. The van der Waals surface area contributed by atoms with Crippen LogP contribution >= 0.6 is 0 Å². The minimum atomic E-state index is -0.0477. The molecule has 0 saturated heterocycles. The van der Waals surface area contributed by atoms with Crippen LogP contribution in [0.4, 0.5) is 0 Å². The first-order chi connectivity index (χ1) is 7.29. The Hall–Kier alpha value is -1.69. The van der Waals surface area contributed by atoms with Crippen molar-refractivity contribution in [3.05, 3.63) is 29.9 Å². The average Bonchev–Trinajstić information content (AvgIpc) is 2.88. The summed E-state index contributed by atoms with van der Waals surface area (Å²) in [5.74, 6) is 0.747. The van der Waals surface area contributed by atoms with Gasteiger partial charge in [-0.3, -0.25) is 0 Å². The van der Waals surface area contributed by atoms with Crippen LogP contribution in [0.3, 0.4) is 0 Å². The van der Waals surface area contributed by atoms with Crippen molar-refractivity contribution in [1.29, 1.82) is 0 Å². The molecule has 15 heavy (non-hydrogen) atoms. The van der Waals surface area contributed by atoms with E-state index in [1.807, 2.05) is 13.1 Å². The van der Waals surface area contributed by atoms with Crippen LogP contribution in [0.15, 0.2) is 23.0 Å². The molecule has 2 aromatic rings. The Kier molecular flexibility index (Phi) is 2.77. The lowest BCUT2D eigenvalue weighted by molar-refractivity contribution is 0.370. The summed E-state index contributed by atoms with van der Waals surface area (Å²) in [6, 6.07) is 1.75. The van der Waals surface area contributed by atoms with Crippen LogP contribution in [0.2, 0.25) is 0 Å². The topological polar surface area (TPSA) is 82.8 Å². The number of nitrogens with two attached hydrogens (primary N) is 1. The second-order valence-corrected chi connectivity index (χ2v) is 3.33. The summed E-state index contributed by atoms with van der Waals surface area (Å²) in [7, 11) is 0. The molecule has 0 aliphatic carbocycles. The van der Waals surface area contributed by atoms with Gasteiger partial charge in [-0.2, -0.15) is 0 Å². The molecule has 0 fully saturated rings. The molecule has 6 nitrogen and oxygen atoms in total. The van der Waals surface area contributed by atoms with E-state index in [1.165, 1.54) is 0 Å². The van der Waals surface area contributed by atoms with Gasteiger partial charge in [-0.05, 0) is 6.42 Å². The van der Waals surface area contributed by atoms with Crippen molar-refractivity contribution in [2.45, 2.75) is 25.9 Å². The number of rotatable bonds is 4. The molecular formula is C9H13N5O. The number of aromatic nitrogens is 4. The van der Waals surface area contributed by atoms with Gasteiger partial charge in [0.1, 0.15) is 6.54 Å². The fourth-order valence-corrected chi connectivity index (χ4v) is 1.25. The minimum Gasteiger partial charge on any atom is -0.359 e. The van der Waals surface area contributed by atoms with Gasteiger partial charge in [-0.25, -0.2) is 4.68 Å². The molecule has 0 amide bonds. The summed E-state index contributed by atoms with van der Waals surface area (Å²) in [5.41, 5.74) is 6.63. The largest absolute Gasteiger partial charge is 0.359 e. The molecule has 2 N–H and O–H groups in total. The third-order valence-electron chi connectivity index (χ3n) is 2.19. The van der Waals surface area contributed by atoms with E-state index in [4.69, 9.17) is 10.3 Å². The fourth-order valence-electron chi connectivity index (χ4n) is 1.25. The molecule has 0 spiro atoms. The molecule has 0 bridgehead atoms. The summed E-state index contributed by atoms with van der Waals surface area (Å²) in [5, 5.41) is 11.6. The van der Waals surface area contributed by atoms with Crippen LogP contribution in [0.25, 0.3) is 0 Å². The molecule has 0 aromatic carbocycles. The molecule has 0 radical (unpaired) electrons. The maximum Gasteiger partial charge on any atom is 0.158 e. The van der Waals surface area contributed by atoms with Crippen LogP contribution in [0.5, 0.6) is 0 Å². The smallest absolute Gasteiger partial charge is 0.158 e. The van der Waals surface area contributed by atoms with Gasteiger partial charge in [0.05, 0.1) is 24.1 Å². The van der Waals surface area contributed by atoms with Gasteiger partial charge in [-0.1, -0.05) is 17.3 Å². The van der Waals surface area contributed by atoms with Gasteiger partial charge in [-0.15, -0.1) is 5.10 Å². The number of hydrogen-bond donors (Lipinski definition) is 1. The number of nitrogens with zero attached hydrogens (tertiary/aromatic N) is 4. The van der Waals surface area contributed by atoms with Gasteiger partial charge in [0.2, 0.25) is 0 Å². The SMILES string of the molecule is CCC(N)c1cn(Cc2ccno2)nn1. The van der Waals surface area contributed by atoms with Crippen molar-refractivity contribution in [3.63, 3.8) is 0 Å². The highest BCUT2D eigenvalue weighted by Gasteiger charge is 2.09. The Morgan fingerprint density at radius 1 is 1.60 bits per heavy atom. The number of hydrogen-bond acceptors (Lipinski definition) is 5. The molecule has 1 atom stereocenters. The fraction of sp³-hybridized carbons (Fsp3) is 0.444. The first kappa shape index (κ1) is 9.85. The molecule has 2 heterocycles. The van der Waals surface area contributed by atoms with Gasteiger partial charge >= 0.3 is 0 Å². The molecule has 0 aliphatic heterocycles. The predicted molar refractivity (Wildman–Crippen MR) is 52.8 cm³/mol. The molecule has 0 saturated carbocycles. The third-order valence-corrected chi connectivity index (χ3v) is 2.19. The van der Waals surface area contributed by atoms with E-state index >= 15 is 0 Å². The Labute approximate surface area is 87.0 Å². The molecule has 80 valence electrons. The lowest BCUT2D eigenvalue weighted by Gasteiger charge is -2.01. The normalized spacial score (nSPS) is 12.9. The van der Waals surface area contributed by atoms with Crippen LogP contribution < -0.4 is 5.73 Å². The van der Waals surface area contributed by atoms with Crippen LogP contribution in [0.1, 0.15) is 30.8 Å². The van der Waals surface area contributed by atoms with E-state index < -0.39 is 0 Å². The van der Waals surface area contributed by atoms with Crippen molar-refractivity contribution in [1.82, 2.24) is 20.2 Å². The second kappa shape index (κ2) is 4.22. The van der Waals surface area contributed by atoms with Crippen molar-refractivity contribution < 1.29 is 4.52 Å². The van der Waals surface area contributed by atoms with Crippen molar-refractivity contribution in [3.8, 4) is 0 Å². The Balaban J connectivity index is 2.07. The molecule has 2 aromatic heterocycles. The van der Waals surface area contributed by atoms with Crippen molar-refractivity contribution >= 4 is 0 Å². The highest BCUT2D eigenvalue weighted by Crippen LogP contribution is 2.09. The van der Waals surface area contributed by atoms with Gasteiger partial charge < -0.3 is 10.3 Å². The van der Waals surface area contributed by atoms with Crippen LogP contribution in [0, 0.1) is 0 Å². The molecule has 0 aliphatic rings. The monoisotopic (exact) mass is 207 g/mol. The van der Waals surface area contributed by atoms with Gasteiger partial charge in [0.25, 0.3) is 0 Å². The molecule has 2 rings (SSSR count). The highest BCUT2D eigenvalue weighted by molar-refractivity contribution is 5.01. The Morgan fingerprint density at radius 2 is 2.47 bits per heavy atom. The van der Waals surface area contributed by atoms with Gasteiger partial charge in [0.15, 0.2) is 5.76 Å². The van der Waals surface area contributed by atoms with E-state index in [0.717, 1.165) is 17.9 Å². The van der Waals surface area contributed by atoms with Crippen LogP contribution in [-0.4, -0.2) is 20.2 Å². The zero-order chi connectivity index (χ0) is 10.7. The van der Waals surface area contributed by atoms with Crippen LogP contribution in [-0.2, 0) is 6.54 Å². The minimum absolute atomic E-state index is 0.0477. The van der Waals surface area contributed by atoms with E-state index in [2.05, 4.69) is 15.5 Å². The Bertz CT molecular complexity index is 408. The lowest BCUT2D eigenvalue weighted by Crippen LogP contribution is -2.08. The van der Waals surface area contributed by atoms with Crippen molar-refractivity contribution in [2.24, 2.45) is 5.73 Å². The Morgan fingerprint density at radius 3 is 3.13 bits per heavy atom. The van der Waals surface area contributed by atoms with E-state index in [1.54, 1.807) is 16.9 Å². The summed E-state index contributed by atoms with van der Waals surface area (Å²) in [6.45, 7) is 2.55. The van der Waals surface area contributed by atoms with E-state index in [-0.39, 0.29) is 6.04 Å². The van der Waals surface area contributed by atoms with E-state index in [0.29, 0.717) is 6.54 Å². The molecular weight excluding hydrogens is 194 g/mol. The van der Waals surface area contributed by atoms with Gasteiger partial charge in [0, 0.05) is 6.07 Å². The zero-order valence-corrected chi connectivity index (χ0v) is 8.50. The third kappa shape index (κ3) is 2.21. The summed E-state index contributed by atoms with van der Waals surface area (Å²) >= 11 is 0. The summed E-state index contributed by atoms with van der Waals surface area (Å²) in [4.78, 5) is 0. The maximum absolute atomic E-state index is 5.83. The summed E-state index contributed by atoms with van der Waals surface area (Å²) < 4.78 is 6.65. The summed E-state index contributed by atoms with van der Waals surface area (Å²) in [6.07, 6.45) is 4.28. The maximum atomic E-state index is 5.83. The quantitative estimate of drug-likeness (QED) is 0.798. The first-order valence-corrected chi connectivity index (χ1v) is 4.84. The predicted octanol–water partition coefficient (Wildman–Crippen LogP) is 0.724.